The first-order chi connectivity index (χ1) is 11.4. The SMILES string of the molecule is COc1ccc([C@@H]2C(C(C)=O)=C(O)C(=O)N2CC(OC)OC)cc1. The van der Waals surface area contributed by atoms with Crippen LogP contribution >= 0.6 is 0 Å². The number of hydrogen-bond acceptors (Lipinski definition) is 6. The molecule has 0 saturated carbocycles. The van der Waals surface area contributed by atoms with E-state index in [1.54, 1.807) is 31.4 Å². The molecule has 0 spiro atoms. The minimum absolute atomic E-state index is 0.0659. The van der Waals surface area contributed by atoms with Crippen LogP contribution in [0.4, 0.5) is 0 Å². The van der Waals surface area contributed by atoms with Crippen molar-refractivity contribution in [2.45, 2.75) is 19.3 Å². The third kappa shape index (κ3) is 3.27. The van der Waals surface area contributed by atoms with Crippen LogP contribution in [0.2, 0.25) is 0 Å². The fourth-order valence-corrected chi connectivity index (χ4v) is 2.74. The quantitative estimate of drug-likeness (QED) is 0.762. The van der Waals surface area contributed by atoms with E-state index in [0.717, 1.165) is 0 Å². The molecule has 0 radical (unpaired) electrons. The molecule has 2 rings (SSSR count). The van der Waals surface area contributed by atoms with E-state index in [9.17, 15) is 14.7 Å². The summed E-state index contributed by atoms with van der Waals surface area (Å²) in [5, 5.41) is 10.2. The summed E-state index contributed by atoms with van der Waals surface area (Å²) in [6.07, 6.45) is -0.672. The van der Waals surface area contributed by atoms with Gasteiger partial charge in [-0.05, 0) is 24.6 Å². The summed E-state index contributed by atoms with van der Waals surface area (Å²) in [7, 11) is 4.46. The molecule has 0 unspecified atom stereocenters. The molecule has 1 aliphatic heterocycles. The van der Waals surface area contributed by atoms with Crippen LogP contribution in [0.15, 0.2) is 35.6 Å². The normalized spacial score (nSPS) is 17.8. The average Bonchev–Trinajstić information content (AvgIpc) is 2.84. The maximum atomic E-state index is 12.4. The molecule has 7 nitrogen and oxygen atoms in total. The molecule has 0 fully saturated rings. The predicted octanol–water partition coefficient (Wildman–Crippen LogP) is 1.60. The second-order valence-electron chi connectivity index (χ2n) is 5.35. The Balaban J connectivity index is 2.45. The Hall–Kier alpha value is -2.38. The van der Waals surface area contributed by atoms with Crippen LogP contribution in [0, 0.1) is 0 Å². The second kappa shape index (κ2) is 7.46. The fraction of sp³-hybridized carbons (Fsp3) is 0.412. The molecular weight excluding hydrogens is 314 g/mol. The van der Waals surface area contributed by atoms with Gasteiger partial charge in [-0.1, -0.05) is 12.1 Å². The molecule has 1 aromatic rings. The van der Waals surface area contributed by atoms with Gasteiger partial charge in [-0.25, -0.2) is 0 Å². The summed E-state index contributed by atoms with van der Waals surface area (Å²) in [6.45, 7) is 1.40. The second-order valence-corrected chi connectivity index (χ2v) is 5.35. The van der Waals surface area contributed by atoms with Crippen LogP contribution < -0.4 is 4.74 Å². The molecule has 0 bridgehead atoms. The van der Waals surface area contributed by atoms with Gasteiger partial charge in [-0.2, -0.15) is 0 Å². The van der Waals surface area contributed by atoms with E-state index >= 15 is 0 Å². The van der Waals surface area contributed by atoms with Crippen molar-refractivity contribution < 1.29 is 28.9 Å². The van der Waals surface area contributed by atoms with Gasteiger partial charge in [0.05, 0.1) is 25.3 Å². The topological polar surface area (TPSA) is 85.3 Å². The van der Waals surface area contributed by atoms with Gasteiger partial charge in [0.15, 0.2) is 17.8 Å². The van der Waals surface area contributed by atoms with Crippen molar-refractivity contribution in [3.05, 3.63) is 41.2 Å². The molecule has 1 N–H and O–H groups in total. The third-order valence-corrected chi connectivity index (χ3v) is 3.99. The number of amides is 1. The number of rotatable bonds is 7. The first-order valence-electron chi connectivity index (χ1n) is 7.39. The Morgan fingerprint density at radius 3 is 2.25 bits per heavy atom. The van der Waals surface area contributed by atoms with Gasteiger partial charge in [-0.3, -0.25) is 9.59 Å². The molecule has 1 aliphatic rings. The Morgan fingerprint density at radius 1 is 1.21 bits per heavy atom. The van der Waals surface area contributed by atoms with E-state index < -0.39 is 24.0 Å². The molecule has 1 heterocycles. The molecular formula is C17H21NO6. The lowest BCUT2D eigenvalue weighted by atomic mass is 9.96. The Labute approximate surface area is 140 Å². The smallest absolute Gasteiger partial charge is 0.290 e. The average molecular weight is 335 g/mol. The van der Waals surface area contributed by atoms with Gasteiger partial charge in [0, 0.05) is 14.2 Å². The number of carbonyl (C=O) groups is 2. The highest BCUT2D eigenvalue weighted by atomic mass is 16.7. The molecule has 0 aliphatic carbocycles. The number of ketones is 1. The lowest BCUT2D eigenvalue weighted by Gasteiger charge is -2.29. The molecule has 1 aromatic carbocycles. The minimum atomic E-state index is -0.700. The van der Waals surface area contributed by atoms with E-state index in [1.807, 2.05) is 0 Å². The number of carbonyl (C=O) groups excluding carboxylic acids is 2. The Kier molecular flexibility index (Phi) is 5.58. The van der Waals surface area contributed by atoms with E-state index in [-0.39, 0.29) is 17.9 Å². The van der Waals surface area contributed by atoms with Crippen LogP contribution in [-0.2, 0) is 19.1 Å². The summed E-state index contributed by atoms with van der Waals surface area (Å²) in [5.74, 6) is -0.871. The van der Waals surface area contributed by atoms with Gasteiger partial charge in [0.25, 0.3) is 5.91 Å². The first-order valence-corrected chi connectivity index (χ1v) is 7.39. The van der Waals surface area contributed by atoms with E-state index in [1.165, 1.54) is 26.0 Å². The van der Waals surface area contributed by atoms with Gasteiger partial charge in [0.1, 0.15) is 5.75 Å². The lowest BCUT2D eigenvalue weighted by molar-refractivity contribution is -0.144. The number of Topliss-reactive ketones (excluding diaryl/α,β-unsaturated/α-hetero) is 1. The predicted molar refractivity (Wildman–Crippen MR) is 85.6 cm³/mol. The van der Waals surface area contributed by atoms with E-state index in [0.29, 0.717) is 11.3 Å². The van der Waals surface area contributed by atoms with Crippen LogP contribution in [0.25, 0.3) is 0 Å². The Bertz CT molecular complexity index is 648. The maximum Gasteiger partial charge on any atom is 0.290 e. The third-order valence-electron chi connectivity index (χ3n) is 3.99. The number of aliphatic hydroxyl groups excluding tert-OH is 1. The van der Waals surface area contributed by atoms with Crippen molar-refractivity contribution in [2.24, 2.45) is 0 Å². The van der Waals surface area contributed by atoms with Crippen LogP contribution in [0.1, 0.15) is 18.5 Å². The highest BCUT2D eigenvalue weighted by Gasteiger charge is 2.43. The highest BCUT2D eigenvalue weighted by molar-refractivity contribution is 6.08. The number of methoxy groups -OCH3 is 3. The maximum absolute atomic E-state index is 12.4. The standard InChI is InChI=1S/C17H21NO6/c1-10(19)14-15(11-5-7-12(22-2)8-6-11)18(17(21)16(14)20)9-13(23-3)24-4/h5-8,13,15,20H,9H2,1-4H3/t15-/m1/s1. The number of nitrogens with zero attached hydrogens (tertiary/aromatic N) is 1. The summed E-state index contributed by atoms with van der Waals surface area (Å²) in [5.41, 5.74) is 0.750. The zero-order chi connectivity index (χ0) is 17.9. The molecule has 1 atom stereocenters. The summed E-state index contributed by atoms with van der Waals surface area (Å²) in [4.78, 5) is 25.8. The van der Waals surface area contributed by atoms with E-state index in [2.05, 4.69) is 0 Å². The van der Waals surface area contributed by atoms with Crippen LogP contribution in [0.3, 0.4) is 0 Å². The molecule has 0 aromatic heterocycles. The summed E-state index contributed by atoms with van der Waals surface area (Å²) in [6, 6.07) is 6.26. The van der Waals surface area contributed by atoms with Gasteiger partial charge in [0.2, 0.25) is 0 Å². The van der Waals surface area contributed by atoms with Gasteiger partial charge in [-0.15, -0.1) is 0 Å². The zero-order valence-electron chi connectivity index (χ0n) is 14.1. The van der Waals surface area contributed by atoms with Crippen molar-refractivity contribution in [3.63, 3.8) is 0 Å². The summed E-state index contributed by atoms with van der Waals surface area (Å²) >= 11 is 0. The van der Waals surface area contributed by atoms with Crippen molar-refractivity contribution >= 4 is 11.7 Å². The lowest BCUT2D eigenvalue weighted by Crippen LogP contribution is -2.38. The Morgan fingerprint density at radius 2 is 1.79 bits per heavy atom. The van der Waals surface area contributed by atoms with Crippen LogP contribution in [-0.4, -0.2) is 55.9 Å². The molecule has 7 heteroatoms. The minimum Gasteiger partial charge on any atom is -0.503 e. The van der Waals surface area contributed by atoms with Gasteiger partial charge >= 0.3 is 0 Å². The van der Waals surface area contributed by atoms with Crippen molar-refractivity contribution in [1.29, 1.82) is 0 Å². The van der Waals surface area contributed by atoms with Crippen LogP contribution in [0.5, 0.6) is 5.75 Å². The molecule has 1 amide bonds. The number of aliphatic hydroxyl groups is 1. The summed E-state index contributed by atoms with van der Waals surface area (Å²) < 4.78 is 15.4. The molecule has 0 saturated heterocycles. The van der Waals surface area contributed by atoms with E-state index in [4.69, 9.17) is 14.2 Å². The van der Waals surface area contributed by atoms with Crippen molar-refractivity contribution in [1.82, 2.24) is 4.90 Å². The van der Waals surface area contributed by atoms with Gasteiger partial charge < -0.3 is 24.2 Å². The highest BCUT2D eigenvalue weighted by Crippen LogP contribution is 2.38. The first kappa shape index (κ1) is 18.0. The number of benzene rings is 1. The molecule has 130 valence electrons. The number of hydrogen-bond donors (Lipinski definition) is 1. The monoisotopic (exact) mass is 335 g/mol. The van der Waals surface area contributed by atoms with Crippen molar-refractivity contribution in [3.8, 4) is 5.75 Å². The van der Waals surface area contributed by atoms with Crippen molar-refractivity contribution in [2.75, 3.05) is 27.9 Å². The largest absolute Gasteiger partial charge is 0.503 e. The number of ether oxygens (including phenoxy) is 3. The zero-order valence-corrected chi connectivity index (χ0v) is 14.1. The molecule has 24 heavy (non-hydrogen) atoms. The fourth-order valence-electron chi connectivity index (χ4n) is 2.74.